The van der Waals surface area contributed by atoms with Crippen LogP contribution in [0, 0.1) is 6.92 Å². The number of fused-ring (bicyclic) bond motifs is 5. The summed E-state index contributed by atoms with van der Waals surface area (Å²) in [5.41, 5.74) is 5.44. The highest BCUT2D eigenvalue weighted by Crippen LogP contribution is 2.34. The average Bonchev–Trinajstić information content (AvgIpc) is 3.15. The molecule has 2 unspecified atom stereocenters. The van der Waals surface area contributed by atoms with Crippen LogP contribution in [0.5, 0.6) is 5.75 Å². The molecular weight excluding hydrogens is 470 g/mol. The lowest BCUT2D eigenvalue weighted by Gasteiger charge is -2.38. The lowest BCUT2D eigenvalue weighted by molar-refractivity contribution is 0.0326. The Morgan fingerprint density at radius 3 is 2.92 bits per heavy atom. The maximum Gasteiger partial charge on any atom is 0.227 e. The van der Waals surface area contributed by atoms with Crippen molar-refractivity contribution in [1.29, 1.82) is 0 Å². The third kappa shape index (κ3) is 4.59. The van der Waals surface area contributed by atoms with Crippen LogP contribution < -0.4 is 15.0 Å². The summed E-state index contributed by atoms with van der Waals surface area (Å²) in [6.45, 7) is 6.02. The SMILES string of the molecule is COc1cc(N2CC3CN(CCO)CC2CO3)ccc1Nc1ncc(C)c(-c2cnc3ccccn23)n1. The smallest absolute Gasteiger partial charge is 0.227 e. The zero-order valence-electron chi connectivity index (χ0n) is 21.0. The zero-order chi connectivity index (χ0) is 25.4. The number of nitrogens with zero attached hydrogens (tertiary/aromatic N) is 6. The topological polar surface area (TPSA) is 100 Å². The van der Waals surface area contributed by atoms with Crippen molar-refractivity contribution in [2.75, 3.05) is 56.7 Å². The van der Waals surface area contributed by atoms with E-state index in [2.05, 4.69) is 37.2 Å². The Bertz CT molecular complexity index is 1410. The van der Waals surface area contributed by atoms with Gasteiger partial charge in [0.25, 0.3) is 0 Å². The molecule has 2 bridgehead atoms. The second-order valence-electron chi connectivity index (χ2n) is 9.55. The summed E-state index contributed by atoms with van der Waals surface area (Å²) in [5, 5.41) is 12.7. The van der Waals surface area contributed by atoms with Crippen molar-refractivity contribution in [3.05, 3.63) is 60.6 Å². The zero-order valence-corrected chi connectivity index (χ0v) is 21.0. The quantitative estimate of drug-likeness (QED) is 0.396. The normalized spacial score (nSPS) is 19.8. The van der Waals surface area contributed by atoms with Gasteiger partial charge in [-0.1, -0.05) is 6.07 Å². The van der Waals surface area contributed by atoms with E-state index in [0.29, 0.717) is 24.8 Å². The number of pyridine rings is 1. The summed E-state index contributed by atoms with van der Waals surface area (Å²) in [6, 6.07) is 12.3. The third-order valence-electron chi connectivity index (χ3n) is 7.11. The van der Waals surface area contributed by atoms with E-state index in [1.807, 2.05) is 54.2 Å². The molecule has 3 aliphatic heterocycles. The number of ether oxygens (including phenoxy) is 2. The van der Waals surface area contributed by atoms with Gasteiger partial charge in [0.2, 0.25) is 5.95 Å². The molecule has 3 aliphatic rings. The minimum absolute atomic E-state index is 0.119. The first-order valence-corrected chi connectivity index (χ1v) is 12.6. The van der Waals surface area contributed by atoms with Crippen LogP contribution in [0.1, 0.15) is 5.56 Å². The van der Waals surface area contributed by atoms with Gasteiger partial charge in [-0.3, -0.25) is 9.30 Å². The van der Waals surface area contributed by atoms with Gasteiger partial charge in [0.1, 0.15) is 11.4 Å². The molecule has 0 saturated carbocycles. The standard InChI is InChI=1S/C27H31N7O3/c1-18-12-29-27(31-26(18)23-13-28-25-5-3-4-8-33(23)25)30-22-7-6-19(11-24(22)36-2)34-16-21-15-32(9-10-35)14-20(34)17-37-21/h3-8,11-13,20-21,35H,9-10,14-17H2,1-2H3,(H,29,30,31). The minimum atomic E-state index is 0.119. The highest BCUT2D eigenvalue weighted by molar-refractivity contribution is 5.70. The van der Waals surface area contributed by atoms with E-state index < -0.39 is 0 Å². The summed E-state index contributed by atoms with van der Waals surface area (Å²) in [5.74, 6) is 1.20. The van der Waals surface area contributed by atoms with Crippen LogP contribution in [0.15, 0.2) is 55.0 Å². The number of anilines is 3. The van der Waals surface area contributed by atoms with E-state index in [1.54, 1.807) is 7.11 Å². The molecule has 3 aromatic heterocycles. The van der Waals surface area contributed by atoms with Crippen molar-refractivity contribution < 1.29 is 14.6 Å². The first-order chi connectivity index (χ1) is 18.1. The predicted octanol–water partition coefficient (Wildman–Crippen LogP) is 2.73. The summed E-state index contributed by atoms with van der Waals surface area (Å²) in [7, 11) is 1.67. The lowest BCUT2D eigenvalue weighted by atomic mass is 10.1. The van der Waals surface area contributed by atoms with Crippen molar-refractivity contribution >= 4 is 23.0 Å². The Labute approximate surface area is 215 Å². The number of morpholine rings is 1. The number of aliphatic hydroxyl groups excluding tert-OH is 1. The van der Waals surface area contributed by atoms with Gasteiger partial charge in [-0.25, -0.2) is 15.0 Å². The monoisotopic (exact) mass is 501 g/mol. The Kier molecular flexibility index (Phi) is 6.37. The molecule has 0 amide bonds. The van der Waals surface area contributed by atoms with Gasteiger partial charge in [-0.2, -0.15) is 0 Å². The number of aliphatic hydroxyl groups is 1. The number of hydrogen-bond acceptors (Lipinski definition) is 9. The van der Waals surface area contributed by atoms with Crippen LogP contribution in [0.4, 0.5) is 17.3 Å². The summed E-state index contributed by atoms with van der Waals surface area (Å²) >= 11 is 0. The Hall–Kier alpha value is -3.73. The Balaban J connectivity index is 1.26. The fourth-order valence-corrected chi connectivity index (χ4v) is 5.27. The summed E-state index contributed by atoms with van der Waals surface area (Å²) in [6.07, 6.45) is 5.76. The van der Waals surface area contributed by atoms with Crippen molar-refractivity contribution in [3.8, 4) is 17.1 Å². The number of hydrogen-bond donors (Lipinski definition) is 2. The summed E-state index contributed by atoms with van der Waals surface area (Å²) < 4.78 is 13.8. The predicted molar refractivity (Wildman–Crippen MR) is 142 cm³/mol. The number of nitrogens with one attached hydrogen (secondary N) is 1. The third-order valence-corrected chi connectivity index (χ3v) is 7.11. The second kappa shape index (κ2) is 9.97. The van der Waals surface area contributed by atoms with Crippen molar-refractivity contribution in [3.63, 3.8) is 0 Å². The van der Waals surface area contributed by atoms with Gasteiger partial charge in [0.05, 0.1) is 55.7 Å². The van der Waals surface area contributed by atoms with Crippen molar-refractivity contribution in [2.24, 2.45) is 0 Å². The molecule has 0 spiro atoms. The van der Waals surface area contributed by atoms with Crippen LogP contribution in [0.3, 0.4) is 0 Å². The number of aromatic nitrogens is 4. The number of rotatable bonds is 7. The fourth-order valence-electron chi connectivity index (χ4n) is 5.27. The van der Waals surface area contributed by atoms with E-state index in [4.69, 9.17) is 14.5 Å². The molecule has 6 heterocycles. The van der Waals surface area contributed by atoms with E-state index in [0.717, 1.165) is 53.6 Å². The maximum atomic E-state index is 9.40. The molecule has 10 heteroatoms. The van der Waals surface area contributed by atoms with Gasteiger partial charge in [0.15, 0.2) is 0 Å². The molecule has 2 atom stereocenters. The molecule has 7 rings (SSSR count). The minimum Gasteiger partial charge on any atom is -0.494 e. The molecule has 0 radical (unpaired) electrons. The van der Waals surface area contributed by atoms with Crippen LogP contribution in [-0.4, -0.2) is 88.0 Å². The van der Waals surface area contributed by atoms with Gasteiger partial charge in [-0.05, 0) is 36.8 Å². The van der Waals surface area contributed by atoms with Crippen molar-refractivity contribution in [1.82, 2.24) is 24.3 Å². The Morgan fingerprint density at radius 2 is 2.05 bits per heavy atom. The van der Waals surface area contributed by atoms with Crippen LogP contribution in [-0.2, 0) is 4.74 Å². The molecule has 192 valence electrons. The van der Waals surface area contributed by atoms with Gasteiger partial charge in [0, 0.05) is 50.3 Å². The molecule has 10 nitrogen and oxygen atoms in total. The number of methoxy groups -OCH3 is 1. The molecule has 4 aromatic rings. The highest BCUT2D eigenvalue weighted by Gasteiger charge is 2.35. The van der Waals surface area contributed by atoms with Gasteiger partial charge < -0.3 is 24.8 Å². The van der Waals surface area contributed by atoms with Gasteiger partial charge >= 0.3 is 0 Å². The summed E-state index contributed by atoms with van der Waals surface area (Å²) in [4.78, 5) is 18.5. The molecule has 1 aromatic carbocycles. The Morgan fingerprint density at radius 1 is 1.14 bits per heavy atom. The molecule has 2 N–H and O–H groups in total. The lowest BCUT2D eigenvalue weighted by Crippen LogP contribution is -2.49. The molecule has 3 fully saturated rings. The molecule has 0 aliphatic carbocycles. The number of imidazole rings is 1. The first-order valence-electron chi connectivity index (χ1n) is 12.6. The number of benzene rings is 1. The van der Waals surface area contributed by atoms with E-state index in [1.165, 1.54) is 0 Å². The van der Waals surface area contributed by atoms with Crippen LogP contribution in [0.25, 0.3) is 17.0 Å². The largest absolute Gasteiger partial charge is 0.494 e. The van der Waals surface area contributed by atoms with Crippen LogP contribution in [0.2, 0.25) is 0 Å². The molecule has 3 saturated heterocycles. The average molecular weight is 502 g/mol. The van der Waals surface area contributed by atoms with E-state index in [-0.39, 0.29) is 18.8 Å². The molecular formula is C27H31N7O3. The fraction of sp³-hybridized carbons (Fsp3) is 0.370. The number of aryl methyl sites for hydroxylation is 1. The van der Waals surface area contributed by atoms with Crippen LogP contribution >= 0.6 is 0 Å². The van der Waals surface area contributed by atoms with E-state index >= 15 is 0 Å². The first kappa shape index (κ1) is 23.7. The van der Waals surface area contributed by atoms with Crippen molar-refractivity contribution in [2.45, 2.75) is 19.1 Å². The second-order valence-corrected chi connectivity index (χ2v) is 9.55. The molecule has 37 heavy (non-hydrogen) atoms. The van der Waals surface area contributed by atoms with E-state index in [9.17, 15) is 5.11 Å². The van der Waals surface area contributed by atoms with Gasteiger partial charge in [-0.15, -0.1) is 0 Å². The maximum absolute atomic E-state index is 9.40. The highest BCUT2D eigenvalue weighted by atomic mass is 16.5.